The van der Waals surface area contributed by atoms with Crippen LogP contribution in [0.3, 0.4) is 0 Å². The molecule has 0 aromatic carbocycles. The van der Waals surface area contributed by atoms with Crippen LogP contribution in [-0.2, 0) is 11.2 Å². The van der Waals surface area contributed by atoms with Crippen molar-refractivity contribution in [1.29, 1.82) is 0 Å². The van der Waals surface area contributed by atoms with Crippen LogP contribution >= 0.6 is 0 Å². The van der Waals surface area contributed by atoms with Crippen LogP contribution in [0.2, 0.25) is 0 Å². The van der Waals surface area contributed by atoms with E-state index in [1.165, 1.54) is 6.33 Å². The Morgan fingerprint density at radius 3 is 3.00 bits per heavy atom. The first-order chi connectivity index (χ1) is 9.72. The number of hydrazine groups is 1. The standard InChI is InChI=1S/C13H22N6O/c1-3-5-9-11(18-14)16-8-17-12(9)19-7-4-6-10(19)13(20)15-2/h8,10H,3-7,14H2,1-2H3,(H,15,20)(H,16,17,18). The summed E-state index contributed by atoms with van der Waals surface area (Å²) in [5.41, 5.74) is 3.60. The van der Waals surface area contributed by atoms with Crippen molar-refractivity contribution in [2.24, 2.45) is 5.84 Å². The molecule has 0 spiro atoms. The molecule has 1 aromatic heterocycles. The topological polar surface area (TPSA) is 96.2 Å². The summed E-state index contributed by atoms with van der Waals surface area (Å²) in [6.45, 7) is 2.92. The lowest BCUT2D eigenvalue weighted by Gasteiger charge is -2.27. The zero-order chi connectivity index (χ0) is 14.5. The second-order valence-electron chi connectivity index (χ2n) is 4.88. The van der Waals surface area contributed by atoms with Gasteiger partial charge in [-0.1, -0.05) is 13.3 Å². The minimum Gasteiger partial charge on any atom is -0.357 e. The number of rotatable bonds is 5. The van der Waals surface area contributed by atoms with Crippen LogP contribution in [0.25, 0.3) is 0 Å². The average Bonchev–Trinajstić information content (AvgIpc) is 2.96. The van der Waals surface area contributed by atoms with E-state index in [1.54, 1.807) is 7.05 Å². The van der Waals surface area contributed by atoms with E-state index in [0.29, 0.717) is 5.82 Å². The van der Waals surface area contributed by atoms with Gasteiger partial charge in [-0.3, -0.25) is 4.79 Å². The Bertz CT molecular complexity index is 478. The van der Waals surface area contributed by atoms with Crippen molar-refractivity contribution in [1.82, 2.24) is 15.3 Å². The molecule has 0 aliphatic carbocycles. The number of nitrogens with zero attached hydrogens (tertiary/aromatic N) is 3. The van der Waals surface area contributed by atoms with E-state index < -0.39 is 0 Å². The molecule has 1 saturated heterocycles. The third-order valence-electron chi connectivity index (χ3n) is 3.63. The molecule has 20 heavy (non-hydrogen) atoms. The molecule has 1 aliphatic heterocycles. The Morgan fingerprint density at radius 1 is 1.55 bits per heavy atom. The normalized spacial score (nSPS) is 18.1. The number of carbonyl (C=O) groups excluding carboxylic acids is 1. The summed E-state index contributed by atoms with van der Waals surface area (Å²) < 4.78 is 0. The van der Waals surface area contributed by atoms with Gasteiger partial charge in [-0.2, -0.15) is 0 Å². The fourth-order valence-electron chi connectivity index (χ4n) is 2.71. The number of likely N-dealkylation sites (N-methyl/N-ethyl adjacent to an activating group) is 1. The lowest BCUT2D eigenvalue weighted by molar-refractivity contribution is -0.121. The first-order valence-corrected chi connectivity index (χ1v) is 7.01. The second kappa shape index (κ2) is 6.51. The molecule has 1 aromatic rings. The molecule has 7 nitrogen and oxygen atoms in total. The molecule has 0 bridgehead atoms. The maximum atomic E-state index is 12.0. The number of carbonyl (C=O) groups is 1. The average molecular weight is 278 g/mol. The minimum absolute atomic E-state index is 0.0332. The van der Waals surface area contributed by atoms with Crippen molar-refractivity contribution in [2.75, 3.05) is 23.9 Å². The first kappa shape index (κ1) is 14.5. The molecule has 1 aliphatic rings. The van der Waals surface area contributed by atoms with E-state index in [9.17, 15) is 4.79 Å². The summed E-state index contributed by atoms with van der Waals surface area (Å²) in [7, 11) is 1.67. The van der Waals surface area contributed by atoms with Crippen molar-refractivity contribution in [3.05, 3.63) is 11.9 Å². The van der Waals surface area contributed by atoms with Crippen LogP contribution in [0, 0.1) is 0 Å². The summed E-state index contributed by atoms with van der Waals surface area (Å²) in [5, 5.41) is 2.72. The van der Waals surface area contributed by atoms with Gasteiger partial charge in [0.15, 0.2) is 0 Å². The van der Waals surface area contributed by atoms with Crippen molar-refractivity contribution in [3.63, 3.8) is 0 Å². The molecule has 2 rings (SSSR count). The molecule has 0 saturated carbocycles. The number of nitrogens with one attached hydrogen (secondary N) is 2. The molecule has 1 fully saturated rings. The van der Waals surface area contributed by atoms with Gasteiger partial charge in [-0.05, 0) is 19.3 Å². The quantitative estimate of drug-likeness (QED) is 0.534. The van der Waals surface area contributed by atoms with Crippen LogP contribution in [0.4, 0.5) is 11.6 Å². The third-order valence-corrected chi connectivity index (χ3v) is 3.63. The summed E-state index contributed by atoms with van der Waals surface area (Å²) in [6, 6.07) is -0.156. The van der Waals surface area contributed by atoms with Crippen LogP contribution in [-0.4, -0.2) is 35.5 Å². The number of nitrogen functional groups attached to an aromatic ring is 1. The smallest absolute Gasteiger partial charge is 0.242 e. The van der Waals surface area contributed by atoms with Crippen molar-refractivity contribution < 1.29 is 4.79 Å². The SMILES string of the molecule is CCCc1c(NN)ncnc1N1CCCC1C(=O)NC. The molecule has 1 atom stereocenters. The molecule has 7 heteroatoms. The predicted molar refractivity (Wildman–Crippen MR) is 78.3 cm³/mol. The second-order valence-corrected chi connectivity index (χ2v) is 4.88. The highest BCUT2D eigenvalue weighted by atomic mass is 16.2. The largest absolute Gasteiger partial charge is 0.357 e. The Balaban J connectivity index is 2.38. The first-order valence-electron chi connectivity index (χ1n) is 7.01. The Hall–Kier alpha value is -1.89. The molecular weight excluding hydrogens is 256 g/mol. The Morgan fingerprint density at radius 2 is 2.35 bits per heavy atom. The van der Waals surface area contributed by atoms with Crippen molar-refractivity contribution >= 4 is 17.5 Å². The van der Waals surface area contributed by atoms with Gasteiger partial charge in [0.1, 0.15) is 24.0 Å². The maximum Gasteiger partial charge on any atom is 0.242 e. The van der Waals surface area contributed by atoms with Gasteiger partial charge in [0.05, 0.1) is 0 Å². The van der Waals surface area contributed by atoms with Gasteiger partial charge in [0.2, 0.25) is 5.91 Å². The highest BCUT2D eigenvalue weighted by Crippen LogP contribution is 2.30. The molecule has 110 valence electrons. The summed E-state index contributed by atoms with van der Waals surface area (Å²) in [5.74, 6) is 7.02. The monoisotopic (exact) mass is 278 g/mol. The molecule has 4 N–H and O–H groups in total. The lowest BCUT2D eigenvalue weighted by Crippen LogP contribution is -2.42. The molecule has 1 unspecified atom stereocenters. The number of amides is 1. The van der Waals surface area contributed by atoms with Crippen LogP contribution in [0.1, 0.15) is 31.7 Å². The summed E-state index contributed by atoms with van der Waals surface area (Å²) in [4.78, 5) is 22.6. The van der Waals surface area contributed by atoms with E-state index in [0.717, 1.165) is 43.6 Å². The molecule has 1 amide bonds. The maximum absolute atomic E-state index is 12.0. The third kappa shape index (κ3) is 2.67. The zero-order valence-corrected chi connectivity index (χ0v) is 12.0. The number of hydrogen-bond acceptors (Lipinski definition) is 6. The fraction of sp³-hybridized carbons (Fsp3) is 0.615. The van der Waals surface area contributed by atoms with Gasteiger partial charge in [0, 0.05) is 19.2 Å². The van der Waals surface area contributed by atoms with Crippen LogP contribution < -0.4 is 21.5 Å². The van der Waals surface area contributed by atoms with E-state index in [2.05, 4.69) is 32.5 Å². The van der Waals surface area contributed by atoms with Crippen molar-refractivity contribution in [3.8, 4) is 0 Å². The Kier molecular flexibility index (Phi) is 4.73. The van der Waals surface area contributed by atoms with Gasteiger partial charge < -0.3 is 15.6 Å². The summed E-state index contributed by atoms with van der Waals surface area (Å²) in [6.07, 6.45) is 5.11. The molecule has 2 heterocycles. The fourth-order valence-corrected chi connectivity index (χ4v) is 2.71. The summed E-state index contributed by atoms with van der Waals surface area (Å²) >= 11 is 0. The number of anilines is 2. The van der Waals surface area contributed by atoms with E-state index >= 15 is 0 Å². The Labute approximate surface area is 118 Å². The highest BCUT2D eigenvalue weighted by molar-refractivity contribution is 5.85. The van der Waals surface area contributed by atoms with E-state index in [1.807, 2.05) is 0 Å². The number of aromatic nitrogens is 2. The zero-order valence-electron chi connectivity index (χ0n) is 12.0. The van der Waals surface area contributed by atoms with Crippen LogP contribution in [0.15, 0.2) is 6.33 Å². The predicted octanol–water partition coefficient (Wildman–Crippen LogP) is 0.430. The highest BCUT2D eigenvalue weighted by Gasteiger charge is 2.32. The van der Waals surface area contributed by atoms with Gasteiger partial charge in [-0.15, -0.1) is 0 Å². The van der Waals surface area contributed by atoms with E-state index in [-0.39, 0.29) is 11.9 Å². The lowest BCUT2D eigenvalue weighted by atomic mass is 10.1. The van der Waals surface area contributed by atoms with E-state index in [4.69, 9.17) is 5.84 Å². The molecule has 0 radical (unpaired) electrons. The number of nitrogens with two attached hydrogens (primary N) is 1. The van der Waals surface area contributed by atoms with Crippen LogP contribution in [0.5, 0.6) is 0 Å². The van der Waals surface area contributed by atoms with Crippen molar-refractivity contribution in [2.45, 2.75) is 38.6 Å². The number of hydrogen-bond donors (Lipinski definition) is 3. The van der Waals surface area contributed by atoms with Gasteiger partial charge >= 0.3 is 0 Å². The van der Waals surface area contributed by atoms with Gasteiger partial charge in [-0.25, -0.2) is 15.8 Å². The minimum atomic E-state index is -0.156. The molecular formula is C13H22N6O. The van der Waals surface area contributed by atoms with Gasteiger partial charge in [0.25, 0.3) is 0 Å².